The Morgan fingerprint density at radius 3 is 2.32 bits per heavy atom. The zero-order valence-electron chi connectivity index (χ0n) is 20.4. The molecule has 3 aromatic rings. The van der Waals surface area contributed by atoms with Crippen molar-refractivity contribution in [3.05, 3.63) is 88.0 Å². The van der Waals surface area contributed by atoms with Crippen LogP contribution in [-0.4, -0.2) is 45.3 Å². The minimum Gasteiger partial charge on any atom is -0.461 e. The third kappa shape index (κ3) is 5.25. The number of aryl methyl sites for hydroxylation is 1. The lowest BCUT2D eigenvalue weighted by Crippen LogP contribution is -2.35. The molecule has 0 spiro atoms. The van der Waals surface area contributed by atoms with Gasteiger partial charge in [-0.15, -0.1) is 0 Å². The van der Waals surface area contributed by atoms with E-state index in [1.807, 2.05) is 39.0 Å². The molecule has 0 fully saturated rings. The molecule has 0 aliphatic carbocycles. The molecule has 7 nitrogen and oxygen atoms in total. The van der Waals surface area contributed by atoms with Gasteiger partial charge in [0, 0.05) is 42.3 Å². The van der Waals surface area contributed by atoms with Gasteiger partial charge in [-0.25, -0.2) is 4.79 Å². The summed E-state index contributed by atoms with van der Waals surface area (Å²) < 4.78 is 7.02. The first-order chi connectivity index (χ1) is 16.3. The van der Waals surface area contributed by atoms with Gasteiger partial charge in [-0.05, 0) is 63.9 Å². The summed E-state index contributed by atoms with van der Waals surface area (Å²) in [5.41, 5.74) is 4.48. The van der Waals surface area contributed by atoms with Crippen molar-refractivity contribution < 1.29 is 19.1 Å². The minimum absolute atomic E-state index is 0.126. The first-order valence-electron chi connectivity index (χ1n) is 11.4. The largest absolute Gasteiger partial charge is 0.461 e. The second-order valence-electron chi connectivity index (χ2n) is 8.21. The number of ether oxygens (including phenoxy) is 1. The van der Waals surface area contributed by atoms with E-state index in [2.05, 4.69) is 4.98 Å². The Bertz CT molecular complexity index is 1180. The fourth-order valence-electron chi connectivity index (χ4n) is 4.21. The molecule has 0 N–H and O–H groups in total. The van der Waals surface area contributed by atoms with E-state index < -0.39 is 5.97 Å². The molecule has 0 bridgehead atoms. The number of benzene rings is 1. The summed E-state index contributed by atoms with van der Waals surface area (Å²) in [6, 6.07) is 10.9. The minimum atomic E-state index is -0.452. The van der Waals surface area contributed by atoms with E-state index in [0.717, 1.165) is 11.1 Å². The molecule has 34 heavy (non-hydrogen) atoms. The van der Waals surface area contributed by atoms with Gasteiger partial charge in [0.1, 0.15) is 5.69 Å². The van der Waals surface area contributed by atoms with E-state index in [0.29, 0.717) is 34.6 Å². The first-order valence-corrected chi connectivity index (χ1v) is 11.4. The third-order valence-corrected chi connectivity index (χ3v) is 5.85. The number of hydrogen-bond donors (Lipinski definition) is 0. The van der Waals surface area contributed by atoms with Crippen LogP contribution in [0.2, 0.25) is 0 Å². The lowest BCUT2D eigenvalue weighted by atomic mass is 10.0. The molecule has 0 radical (unpaired) electrons. The van der Waals surface area contributed by atoms with Crippen molar-refractivity contribution in [3.63, 3.8) is 0 Å². The average molecular weight is 462 g/mol. The molecule has 0 saturated carbocycles. The van der Waals surface area contributed by atoms with Gasteiger partial charge in [-0.3, -0.25) is 14.6 Å². The zero-order valence-corrected chi connectivity index (χ0v) is 20.4. The zero-order chi connectivity index (χ0) is 24.8. The molecule has 0 saturated heterocycles. The van der Waals surface area contributed by atoms with Gasteiger partial charge in [0.25, 0.3) is 5.91 Å². The van der Waals surface area contributed by atoms with E-state index in [9.17, 15) is 14.4 Å². The predicted molar refractivity (Wildman–Crippen MR) is 130 cm³/mol. The number of esters is 1. The summed E-state index contributed by atoms with van der Waals surface area (Å²) in [4.78, 5) is 45.2. The molecule has 7 heteroatoms. The third-order valence-electron chi connectivity index (χ3n) is 5.85. The number of hydrogen-bond acceptors (Lipinski definition) is 5. The van der Waals surface area contributed by atoms with Crippen LogP contribution in [0.5, 0.6) is 0 Å². The summed E-state index contributed by atoms with van der Waals surface area (Å²) in [7, 11) is 0. The molecule has 1 amide bonds. The van der Waals surface area contributed by atoms with Gasteiger partial charge in [-0.1, -0.05) is 23.8 Å². The number of Topliss-reactive ketones (excluding diaryl/α,β-unsaturated/α-hetero) is 1. The molecule has 2 aromatic heterocycles. The predicted octanol–water partition coefficient (Wildman–Crippen LogP) is 4.53. The highest BCUT2D eigenvalue weighted by Crippen LogP contribution is 2.25. The van der Waals surface area contributed by atoms with E-state index in [4.69, 9.17) is 4.74 Å². The maximum atomic E-state index is 13.6. The van der Waals surface area contributed by atoms with Crippen LogP contribution in [0.25, 0.3) is 0 Å². The van der Waals surface area contributed by atoms with Crippen molar-refractivity contribution >= 4 is 17.7 Å². The molecule has 0 atom stereocenters. The number of carbonyl (C=O) groups is 3. The fraction of sp³-hybridized carbons (Fsp3) is 0.333. The van der Waals surface area contributed by atoms with Gasteiger partial charge in [0.05, 0.1) is 13.2 Å². The van der Waals surface area contributed by atoms with Crippen molar-refractivity contribution in [1.82, 2.24) is 14.5 Å². The highest BCUT2D eigenvalue weighted by Gasteiger charge is 2.28. The van der Waals surface area contributed by atoms with Gasteiger partial charge in [0.15, 0.2) is 5.78 Å². The Morgan fingerprint density at radius 2 is 1.74 bits per heavy atom. The molecule has 0 unspecified atom stereocenters. The van der Waals surface area contributed by atoms with Crippen molar-refractivity contribution in [2.45, 2.75) is 47.7 Å². The number of aromatic nitrogens is 2. The second-order valence-corrected chi connectivity index (χ2v) is 8.21. The molecular weight excluding hydrogens is 430 g/mol. The van der Waals surface area contributed by atoms with Crippen LogP contribution in [0.3, 0.4) is 0 Å². The van der Waals surface area contributed by atoms with E-state index in [-0.39, 0.29) is 31.4 Å². The highest BCUT2D eigenvalue weighted by molar-refractivity contribution is 6.06. The Hall–Kier alpha value is -3.74. The molecule has 2 heterocycles. The van der Waals surface area contributed by atoms with Crippen LogP contribution >= 0.6 is 0 Å². The van der Waals surface area contributed by atoms with Crippen LogP contribution in [0.4, 0.5) is 0 Å². The van der Waals surface area contributed by atoms with Crippen LogP contribution in [-0.2, 0) is 17.8 Å². The Labute approximate surface area is 200 Å². The van der Waals surface area contributed by atoms with Crippen LogP contribution in [0, 0.1) is 20.8 Å². The van der Waals surface area contributed by atoms with Crippen molar-refractivity contribution in [2.24, 2.45) is 0 Å². The molecule has 1 aromatic carbocycles. The summed E-state index contributed by atoms with van der Waals surface area (Å²) in [6.07, 6.45) is 3.35. The number of amides is 1. The molecule has 0 aliphatic heterocycles. The fourth-order valence-corrected chi connectivity index (χ4v) is 4.21. The summed E-state index contributed by atoms with van der Waals surface area (Å²) in [6.45, 7) is 10.1. The number of nitrogens with zero attached hydrogens (tertiary/aromatic N) is 3. The number of pyridine rings is 1. The summed E-state index contributed by atoms with van der Waals surface area (Å²) in [5.74, 6) is -0.919. The highest BCUT2D eigenvalue weighted by atomic mass is 16.5. The van der Waals surface area contributed by atoms with E-state index in [1.165, 1.54) is 4.90 Å². The quantitative estimate of drug-likeness (QED) is 0.345. The molecule has 0 aliphatic rings. The standard InChI is InChI=1S/C27H31N3O4/c1-6-30-20(5)24(19(4)25(30)27(33)34-7-2)23(31)17-29(16-21-9-8-14-28-15-21)26(32)22-12-10-18(3)11-13-22/h8-15H,6-7,16-17H2,1-5H3. The van der Waals surface area contributed by atoms with Crippen molar-refractivity contribution in [1.29, 1.82) is 0 Å². The lowest BCUT2D eigenvalue weighted by Gasteiger charge is -2.22. The Balaban J connectivity index is 1.97. The van der Waals surface area contributed by atoms with Gasteiger partial charge >= 0.3 is 5.97 Å². The summed E-state index contributed by atoms with van der Waals surface area (Å²) in [5, 5.41) is 0. The SMILES string of the molecule is CCOC(=O)c1c(C)c(C(=O)CN(Cc2cccnc2)C(=O)c2ccc(C)cc2)c(C)n1CC. The molecule has 3 rings (SSSR count). The average Bonchev–Trinajstić information content (AvgIpc) is 3.08. The summed E-state index contributed by atoms with van der Waals surface area (Å²) >= 11 is 0. The van der Waals surface area contributed by atoms with Crippen LogP contribution < -0.4 is 0 Å². The van der Waals surface area contributed by atoms with E-state index in [1.54, 1.807) is 49.0 Å². The van der Waals surface area contributed by atoms with Gasteiger partial charge < -0.3 is 14.2 Å². The second kappa shape index (κ2) is 10.9. The van der Waals surface area contributed by atoms with Crippen LogP contribution in [0.15, 0.2) is 48.8 Å². The van der Waals surface area contributed by atoms with Crippen LogP contribution in [0.1, 0.15) is 67.4 Å². The smallest absolute Gasteiger partial charge is 0.355 e. The normalized spacial score (nSPS) is 10.7. The lowest BCUT2D eigenvalue weighted by molar-refractivity contribution is 0.0512. The monoisotopic (exact) mass is 461 g/mol. The number of carbonyl (C=O) groups excluding carboxylic acids is 3. The molecular formula is C27H31N3O4. The number of rotatable bonds is 9. The topological polar surface area (TPSA) is 81.5 Å². The van der Waals surface area contributed by atoms with Gasteiger partial charge in [0.2, 0.25) is 0 Å². The first kappa shape index (κ1) is 24.9. The van der Waals surface area contributed by atoms with Crippen molar-refractivity contribution in [2.75, 3.05) is 13.2 Å². The maximum Gasteiger partial charge on any atom is 0.355 e. The van der Waals surface area contributed by atoms with Gasteiger partial charge in [-0.2, -0.15) is 0 Å². The molecule has 178 valence electrons. The maximum absolute atomic E-state index is 13.6. The van der Waals surface area contributed by atoms with E-state index >= 15 is 0 Å². The van der Waals surface area contributed by atoms with Crippen molar-refractivity contribution in [3.8, 4) is 0 Å². The Kier molecular flexibility index (Phi) is 7.99. The Morgan fingerprint density at radius 1 is 1.03 bits per heavy atom. The number of ketones is 1.